The third-order valence-corrected chi connectivity index (χ3v) is 6.25. The molecule has 0 unspecified atom stereocenters. The van der Waals surface area contributed by atoms with E-state index in [1.165, 1.54) is 18.4 Å². The van der Waals surface area contributed by atoms with Crippen molar-refractivity contribution in [3.05, 3.63) is 30.1 Å². The van der Waals surface area contributed by atoms with Gasteiger partial charge in [-0.1, -0.05) is 0 Å². The van der Waals surface area contributed by atoms with Crippen LogP contribution in [-0.4, -0.2) is 85.1 Å². The number of hydrogen-bond donors (Lipinski definition) is 0. The maximum atomic E-state index is 12.8. The average Bonchev–Trinajstić information content (AvgIpc) is 2.74. The van der Waals surface area contributed by atoms with Gasteiger partial charge in [-0.15, -0.1) is 0 Å². The predicted molar refractivity (Wildman–Crippen MR) is 111 cm³/mol. The van der Waals surface area contributed by atoms with E-state index < -0.39 is 0 Å². The quantitative estimate of drug-likeness (QED) is 0.640. The van der Waals surface area contributed by atoms with Crippen LogP contribution in [0.2, 0.25) is 0 Å². The van der Waals surface area contributed by atoms with Crippen LogP contribution in [0.1, 0.15) is 37.7 Å². The Morgan fingerprint density at radius 3 is 2.68 bits per heavy atom. The molecule has 1 aromatic heterocycles. The zero-order valence-corrected chi connectivity index (χ0v) is 17.6. The van der Waals surface area contributed by atoms with Crippen LogP contribution in [0.5, 0.6) is 0 Å². The summed E-state index contributed by atoms with van der Waals surface area (Å²) in [6, 6.07) is 4.84. The Bertz CT molecular complexity index is 589. The molecule has 2 aliphatic heterocycles. The molecule has 0 bridgehead atoms. The maximum absolute atomic E-state index is 12.8. The highest BCUT2D eigenvalue weighted by atomic mass is 16.5. The third-order valence-electron chi connectivity index (χ3n) is 6.25. The van der Waals surface area contributed by atoms with Gasteiger partial charge >= 0.3 is 0 Å². The number of carbonyl (C=O) groups is 1. The van der Waals surface area contributed by atoms with E-state index in [0.29, 0.717) is 18.6 Å². The average molecular weight is 389 g/mol. The lowest BCUT2D eigenvalue weighted by Gasteiger charge is -2.42. The molecule has 2 saturated heterocycles. The summed E-state index contributed by atoms with van der Waals surface area (Å²) in [4.78, 5) is 24.0. The Hall–Kier alpha value is -1.50. The lowest BCUT2D eigenvalue weighted by Crippen LogP contribution is -2.50. The molecule has 156 valence electrons. The van der Waals surface area contributed by atoms with Gasteiger partial charge in [-0.2, -0.15) is 0 Å². The highest BCUT2D eigenvalue weighted by Gasteiger charge is 2.32. The fraction of sp³-hybridized carbons (Fsp3) is 0.727. The molecule has 3 rings (SSSR count). The maximum Gasteiger partial charge on any atom is 0.226 e. The number of pyridine rings is 1. The Balaban J connectivity index is 1.44. The lowest BCUT2D eigenvalue weighted by atomic mass is 9.93. The fourth-order valence-corrected chi connectivity index (χ4v) is 4.60. The molecular formula is C22H36N4O2. The molecule has 6 nitrogen and oxygen atoms in total. The third kappa shape index (κ3) is 6.00. The first kappa shape index (κ1) is 21.2. The summed E-state index contributed by atoms with van der Waals surface area (Å²) in [6.07, 6.45) is 9.24. The molecule has 1 atom stereocenters. The number of nitrogens with zero attached hydrogens (tertiary/aromatic N) is 4. The Kier molecular flexibility index (Phi) is 8.25. The van der Waals surface area contributed by atoms with Crippen molar-refractivity contribution in [1.29, 1.82) is 0 Å². The Morgan fingerprint density at radius 2 is 1.96 bits per heavy atom. The van der Waals surface area contributed by atoms with Crippen molar-refractivity contribution in [2.75, 3.05) is 53.5 Å². The monoisotopic (exact) mass is 388 g/mol. The minimum absolute atomic E-state index is 0.163. The first-order chi connectivity index (χ1) is 13.7. The van der Waals surface area contributed by atoms with E-state index in [-0.39, 0.29) is 5.92 Å². The predicted octanol–water partition coefficient (Wildman–Crippen LogP) is 2.25. The summed E-state index contributed by atoms with van der Waals surface area (Å²) >= 11 is 0. The minimum Gasteiger partial charge on any atom is -0.385 e. The van der Waals surface area contributed by atoms with Gasteiger partial charge in [-0.05, 0) is 69.4 Å². The number of amides is 1. The van der Waals surface area contributed by atoms with Crippen molar-refractivity contribution >= 4 is 5.91 Å². The van der Waals surface area contributed by atoms with Crippen LogP contribution in [0.3, 0.4) is 0 Å². The van der Waals surface area contributed by atoms with Gasteiger partial charge in [-0.25, -0.2) is 0 Å². The number of ether oxygens (including phenoxy) is 1. The zero-order valence-electron chi connectivity index (χ0n) is 17.6. The second-order valence-electron chi connectivity index (χ2n) is 8.30. The van der Waals surface area contributed by atoms with Gasteiger partial charge in [0.15, 0.2) is 0 Å². The zero-order chi connectivity index (χ0) is 19.8. The highest BCUT2D eigenvalue weighted by Crippen LogP contribution is 2.25. The number of piperidine rings is 2. The summed E-state index contributed by atoms with van der Waals surface area (Å²) in [5.74, 6) is 0.479. The minimum atomic E-state index is 0.163. The normalized spacial score (nSPS) is 22.3. The molecule has 0 spiro atoms. The van der Waals surface area contributed by atoms with Crippen LogP contribution in [-0.2, 0) is 16.1 Å². The van der Waals surface area contributed by atoms with Crippen LogP contribution >= 0.6 is 0 Å². The van der Waals surface area contributed by atoms with Gasteiger partial charge in [0.1, 0.15) is 0 Å². The van der Waals surface area contributed by atoms with Gasteiger partial charge in [0.05, 0.1) is 5.92 Å². The summed E-state index contributed by atoms with van der Waals surface area (Å²) in [6.45, 7) is 6.87. The van der Waals surface area contributed by atoms with E-state index in [1.54, 1.807) is 7.11 Å². The molecular weight excluding hydrogens is 352 g/mol. The SMILES string of the molecule is COCCCN(C)C(=O)[C@@H]1CCCN(C2CCN(Cc3ccncc3)CC2)C1. The van der Waals surface area contributed by atoms with E-state index >= 15 is 0 Å². The molecule has 0 N–H and O–H groups in total. The number of hydrogen-bond acceptors (Lipinski definition) is 5. The van der Waals surface area contributed by atoms with Crippen LogP contribution in [0.15, 0.2) is 24.5 Å². The van der Waals surface area contributed by atoms with E-state index in [2.05, 4.69) is 26.9 Å². The summed E-state index contributed by atoms with van der Waals surface area (Å²) in [5.41, 5.74) is 1.34. The molecule has 1 aromatic rings. The first-order valence-electron chi connectivity index (χ1n) is 10.8. The van der Waals surface area contributed by atoms with Crippen molar-refractivity contribution < 1.29 is 9.53 Å². The number of aromatic nitrogens is 1. The molecule has 0 radical (unpaired) electrons. The first-order valence-corrected chi connectivity index (χ1v) is 10.8. The smallest absolute Gasteiger partial charge is 0.226 e. The number of methoxy groups -OCH3 is 1. The fourth-order valence-electron chi connectivity index (χ4n) is 4.60. The molecule has 0 saturated carbocycles. The standard InChI is InChI=1S/C22H36N4O2/c1-24(12-4-16-28-2)22(27)20-5-3-13-26(18-20)21-8-14-25(15-9-21)17-19-6-10-23-11-7-19/h6-7,10-11,20-21H,3-5,8-9,12-18H2,1-2H3/t20-/m1/s1. The molecule has 2 fully saturated rings. The van der Waals surface area contributed by atoms with Crippen LogP contribution in [0.25, 0.3) is 0 Å². The second-order valence-corrected chi connectivity index (χ2v) is 8.30. The van der Waals surface area contributed by atoms with E-state index in [9.17, 15) is 4.79 Å². The van der Waals surface area contributed by atoms with Crippen molar-refractivity contribution in [2.24, 2.45) is 5.92 Å². The molecule has 3 heterocycles. The van der Waals surface area contributed by atoms with Crippen LogP contribution in [0.4, 0.5) is 0 Å². The lowest BCUT2D eigenvalue weighted by molar-refractivity contribution is -0.136. The topological polar surface area (TPSA) is 48.9 Å². The van der Waals surface area contributed by atoms with Gasteiger partial charge in [-0.3, -0.25) is 19.6 Å². The summed E-state index contributed by atoms with van der Waals surface area (Å²) in [7, 11) is 3.65. The molecule has 6 heteroatoms. The Morgan fingerprint density at radius 1 is 1.21 bits per heavy atom. The molecule has 0 aromatic carbocycles. The molecule has 0 aliphatic carbocycles. The van der Waals surface area contributed by atoms with Crippen molar-refractivity contribution in [2.45, 2.75) is 44.7 Å². The van der Waals surface area contributed by atoms with Crippen molar-refractivity contribution in [1.82, 2.24) is 19.7 Å². The van der Waals surface area contributed by atoms with Gasteiger partial charge in [0.25, 0.3) is 0 Å². The molecule has 1 amide bonds. The van der Waals surface area contributed by atoms with Crippen LogP contribution in [0, 0.1) is 5.92 Å². The van der Waals surface area contributed by atoms with Gasteiger partial charge < -0.3 is 9.64 Å². The highest BCUT2D eigenvalue weighted by molar-refractivity contribution is 5.78. The Labute approximate surface area is 169 Å². The van der Waals surface area contributed by atoms with Gasteiger partial charge in [0.2, 0.25) is 5.91 Å². The largest absolute Gasteiger partial charge is 0.385 e. The molecule has 2 aliphatic rings. The number of carbonyl (C=O) groups excluding carboxylic acids is 1. The van der Waals surface area contributed by atoms with Crippen molar-refractivity contribution in [3.63, 3.8) is 0 Å². The number of rotatable bonds is 8. The summed E-state index contributed by atoms with van der Waals surface area (Å²) in [5, 5.41) is 0. The van der Waals surface area contributed by atoms with E-state index in [4.69, 9.17) is 4.74 Å². The summed E-state index contributed by atoms with van der Waals surface area (Å²) < 4.78 is 5.11. The van der Waals surface area contributed by atoms with Crippen LogP contribution < -0.4 is 0 Å². The van der Waals surface area contributed by atoms with Crippen molar-refractivity contribution in [3.8, 4) is 0 Å². The van der Waals surface area contributed by atoms with E-state index in [0.717, 1.165) is 58.5 Å². The second kappa shape index (κ2) is 10.9. The van der Waals surface area contributed by atoms with E-state index in [1.807, 2.05) is 24.3 Å². The number of likely N-dealkylation sites (tertiary alicyclic amines) is 2. The van der Waals surface area contributed by atoms with Gasteiger partial charge in [0, 0.05) is 58.8 Å². The molecule has 28 heavy (non-hydrogen) atoms.